The van der Waals surface area contributed by atoms with E-state index < -0.39 is 0 Å². The minimum atomic E-state index is -0.384. The Morgan fingerprint density at radius 1 is 1.57 bits per heavy atom. The summed E-state index contributed by atoms with van der Waals surface area (Å²) in [4.78, 5) is 11.4. The van der Waals surface area contributed by atoms with Crippen molar-refractivity contribution in [3.63, 3.8) is 0 Å². The van der Waals surface area contributed by atoms with Crippen LogP contribution >= 0.6 is 11.6 Å². The number of hydrogen-bond acceptors (Lipinski definition) is 3. The molecule has 3 N–H and O–H groups in total. The fourth-order valence-corrected chi connectivity index (χ4v) is 1.76. The van der Waals surface area contributed by atoms with E-state index in [0.717, 1.165) is 12.0 Å². The van der Waals surface area contributed by atoms with Crippen molar-refractivity contribution in [1.29, 1.82) is 0 Å². The molecule has 0 radical (unpaired) electrons. The number of hydrazine groups is 1. The zero-order valence-corrected chi connectivity index (χ0v) is 8.10. The van der Waals surface area contributed by atoms with E-state index in [1.54, 1.807) is 12.1 Å². The molecule has 14 heavy (non-hydrogen) atoms. The molecule has 1 heterocycles. The number of hydrogen-bond donors (Lipinski definition) is 2. The van der Waals surface area contributed by atoms with E-state index in [0.29, 0.717) is 22.9 Å². The quantitative estimate of drug-likeness (QED) is 0.413. The lowest BCUT2D eigenvalue weighted by Gasteiger charge is -2.06. The number of carbonyl (C=O) groups excluding carboxylic acids is 1. The van der Waals surface area contributed by atoms with Gasteiger partial charge in [-0.2, -0.15) is 0 Å². The van der Waals surface area contributed by atoms with Gasteiger partial charge in [0, 0.05) is 11.4 Å². The Balaban J connectivity index is 2.54. The third-order valence-corrected chi connectivity index (χ3v) is 2.34. The zero-order chi connectivity index (χ0) is 10.1. The van der Waals surface area contributed by atoms with Crippen LogP contribution in [0.2, 0.25) is 5.02 Å². The molecule has 5 heteroatoms. The Hall–Kier alpha value is -1.26. The number of nitrogens with two attached hydrogens (primary N) is 1. The molecule has 1 aromatic rings. The minimum absolute atomic E-state index is 0.384. The molecular formula is C9H9ClN2O2. The summed E-state index contributed by atoms with van der Waals surface area (Å²) in [6.07, 6.45) is 0.779. The van der Waals surface area contributed by atoms with Gasteiger partial charge in [-0.3, -0.25) is 10.2 Å². The van der Waals surface area contributed by atoms with Crippen LogP contribution in [-0.2, 0) is 6.42 Å². The summed E-state index contributed by atoms with van der Waals surface area (Å²) in [5.74, 6) is 5.26. The highest BCUT2D eigenvalue weighted by atomic mass is 35.5. The van der Waals surface area contributed by atoms with Crippen LogP contribution in [0, 0.1) is 0 Å². The second-order valence-electron chi connectivity index (χ2n) is 3.01. The summed E-state index contributed by atoms with van der Waals surface area (Å²) in [6, 6.07) is 3.35. The third-order valence-electron chi connectivity index (χ3n) is 2.12. The lowest BCUT2D eigenvalue weighted by molar-refractivity contribution is 0.0950. The Labute approximate surface area is 86.0 Å². The highest BCUT2D eigenvalue weighted by molar-refractivity contribution is 6.31. The molecule has 1 aliphatic heterocycles. The van der Waals surface area contributed by atoms with Gasteiger partial charge in [0.05, 0.1) is 12.2 Å². The van der Waals surface area contributed by atoms with Gasteiger partial charge in [-0.05, 0) is 17.7 Å². The van der Waals surface area contributed by atoms with E-state index >= 15 is 0 Å². The topological polar surface area (TPSA) is 64.3 Å². The Morgan fingerprint density at radius 3 is 3.07 bits per heavy atom. The fourth-order valence-electron chi connectivity index (χ4n) is 1.52. The number of nitrogens with one attached hydrogen (secondary N) is 1. The van der Waals surface area contributed by atoms with E-state index in [1.165, 1.54) is 0 Å². The van der Waals surface area contributed by atoms with Gasteiger partial charge >= 0.3 is 0 Å². The summed E-state index contributed by atoms with van der Waals surface area (Å²) < 4.78 is 5.33. The Bertz CT molecular complexity index is 393. The standard InChI is InChI=1S/C9H9ClN2O2/c10-6-3-5-1-2-14-8(5)7(4-6)9(13)12-11/h3-4H,1-2,11H2,(H,12,13). The molecule has 0 saturated carbocycles. The zero-order valence-electron chi connectivity index (χ0n) is 7.34. The van der Waals surface area contributed by atoms with Crippen molar-refractivity contribution in [3.05, 3.63) is 28.3 Å². The lowest BCUT2D eigenvalue weighted by Crippen LogP contribution is -2.30. The normalized spacial score (nSPS) is 13.3. The second-order valence-corrected chi connectivity index (χ2v) is 3.45. The molecule has 2 rings (SSSR count). The van der Waals surface area contributed by atoms with Gasteiger partial charge in [-0.1, -0.05) is 11.6 Å². The molecule has 0 saturated heterocycles. The highest BCUT2D eigenvalue weighted by Crippen LogP contribution is 2.32. The molecule has 0 bridgehead atoms. The van der Waals surface area contributed by atoms with Crippen LogP contribution in [0.5, 0.6) is 5.75 Å². The monoisotopic (exact) mass is 212 g/mol. The number of nitrogen functional groups attached to an aromatic ring is 1. The molecule has 4 nitrogen and oxygen atoms in total. The van der Waals surface area contributed by atoms with Gasteiger partial charge in [-0.25, -0.2) is 5.84 Å². The molecule has 1 aliphatic rings. The summed E-state index contributed by atoms with van der Waals surface area (Å²) in [7, 11) is 0. The molecule has 0 aliphatic carbocycles. The predicted molar refractivity (Wildman–Crippen MR) is 52.3 cm³/mol. The number of rotatable bonds is 1. The molecule has 1 aromatic carbocycles. The number of halogens is 1. The van der Waals surface area contributed by atoms with E-state index in [-0.39, 0.29) is 5.91 Å². The van der Waals surface area contributed by atoms with Gasteiger partial charge in [0.25, 0.3) is 5.91 Å². The maximum absolute atomic E-state index is 11.4. The first kappa shape index (κ1) is 9.30. The average Bonchev–Trinajstić information content (AvgIpc) is 2.62. The van der Waals surface area contributed by atoms with Crippen LogP contribution in [0.3, 0.4) is 0 Å². The van der Waals surface area contributed by atoms with Crippen molar-refractivity contribution in [2.24, 2.45) is 5.84 Å². The minimum Gasteiger partial charge on any atom is -0.492 e. The maximum atomic E-state index is 11.4. The van der Waals surface area contributed by atoms with E-state index in [9.17, 15) is 4.79 Å². The van der Waals surface area contributed by atoms with E-state index in [4.69, 9.17) is 22.2 Å². The average molecular weight is 213 g/mol. The van der Waals surface area contributed by atoms with Crippen molar-refractivity contribution in [1.82, 2.24) is 5.43 Å². The number of amides is 1. The smallest absolute Gasteiger partial charge is 0.269 e. The molecule has 0 atom stereocenters. The second kappa shape index (κ2) is 3.48. The lowest BCUT2D eigenvalue weighted by atomic mass is 10.1. The largest absolute Gasteiger partial charge is 0.492 e. The Kier molecular flexibility index (Phi) is 2.31. The van der Waals surface area contributed by atoms with E-state index in [1.807, 2.05) is 0 Å². The summed E-state index contributed by atoms with van der Waals surface area (Å²) in [5.41, 5.74) is 3.41. The van der Waals surface area contributed by atoms with E-state index in [2.05, 4.69) is 5.43 Å². The fraction of sp³-hybridized carbons (Fsp3) is 0.222. The van der Waals surface area contributed by atoms with Gasteiger partial charge in [0.15, 0.2) is 0 Å². The van der Waals surface area contributed by atoms with Crippen LogP contribution < -0.4 is 16.0 Å². The number of benzene rings is 1. The number of carbonyl (C=O) groups is 1. The van der Waals surface area contributed by atoms with Crippen molar-refractivity contribution >= 4 is 17.5 Å². The molecule has 0 unspecified atom stereocenters. The number of ether oxygens (including phenoxy) is 1. The van der Waals surface area contributed by atoms with Gasteiger partial charge in [-0.15, -0.1) is 0 Å². The Morgan fingerprint density at radius 2 is 2.36 bits per heavy atom. The van der Waals surface area contributed by atoms with Crippen LogP contribution in [-0.4, -0.2) is 12.5 Å². The highest BCUT2D eigenvalue weighted by Gasteiger charge is 2.21. The first-order valence-corrected chi connectivity index (χ1v) is 4.56. The molecule has 0 spiro atoms. The molecule has 0 aromatic heterocycles. The van der Waals surface area contributed by atoms with Gasteiger partial charge in [0.1, 0.15) is 5.75 Å². The molecule has 1 amide bonds. The summed E-state index contributed by atoms with van der Waals surface area (Å²) in [6.45, 7) is 0.584. The SMILES string of the molecule is NNC(=O)c1cc(Cl)cc2c1OCC2. The van der Waals surface area contributed by atoms with Crippen LogP contribution in [0.15, 0.2) is 12.1 Å². The summed E-state index contributed by atoms with van der Waals surface area (Å²) >= 11 is 5.85. The van der Waals surface area contributed by atoms with Crippen molar-refractivity contribution in [2.75, 3.05) is 6.61 Å². The van der Waals surface area contributed by atoms with Crippen LogP contribution in [0.1, 0.15) is 15.9 Å². The van der Waals surface area contributed by atoms with Crippen LogP contribution in [0.4, 0.5) is 0 Å². The van der Waals surface area contributed by atoms with Crippen molar-refractivity contribution in [2.45, 2.75) is 6.42 Å². The maximum Gasteiger partial charge on any atom is 0.269 e. The summed E-state index contributed by atoms with van der Waals surface area (Å²) in [5, 5.41) is 0.521. The van der Waals surface area contributed by atoms with Crippen molar-refractivity contribution in [3.8, 4) is 5.75 Å². The van der Waals surface area contributed by atoms with Gasteiger partial charge < -0.3 is 4.74 Å². The molecule has 0 fully saturated rings. The first-order chi connectivity index (χ1) is 6.72. The number of fused-ring (bicyclic) bond motifs is 1. The first-order valence-electron chi connectivity index (χ1n) is 4.18. The van der Waals surface area contributed by atoms with Crippen LogP contribution in [0.25, 0.3) is 0 Å². The van der Waals surface area contributed by atoms with Crippen molar-refractivity contribution < 1.29 is 9.53 Å². The molecule has 74 valence electrons. The van der Waals surface area contributed by atoms with Gasteiger partial charge in [0.2, 0.25) is 0 Å². The predicted octanol–water partition coefficient (Wildman–Crippen LogP) is 0.878. The third kappa shape index (κ3) is 1.42. The molecular weight excluding hydrogens is 204 g/mol.